The van der Waals surface area contributed by atoms with Crippen LogP contribution in [0.2, 0.25) is 0 Å². The average Bonchev–Trinajstić information content (AvgIpc) is 2.09. The maximum atomic E-state index is 11.7. The summed E-state index contributed by atoms with van der Waals surface area (Å²) in [6, 6.07) is -0.127. The highest BCUT2D eigenvalue weighted by Crippen LogP contribution is 2.33. The third-order valence-electron chi connectivity index (χ3n) is 3.40. The van der Waals surface area contributed by atoms with Crippen LogP contribution in [0, 0.1) is 11.8 Å². The maximum Gasteiger partial charge on any atom is 0.315 e. The predicted octanol–water partition coefficient (Wildman–Crippen LogP) is 2.24. The van der Waals surface area contributed by atoms with Crippen LogP contribution in [0.5, 0.6) is 0 Å². The Hall–Kier alpha value is -0.770. The standard InChI is InChI=1S/C14H29N3O/c1-10-6-11(2)8-14(15,7-10)9-16-12(18)17-13(3,4)5/h10-11H,6-9,15H2,1-5H3,(H2,16,17,18). The van der Waals surface area contributed by atoms with Crippen molar-refractivity contribution < 1.29 is 4.79 Å². The van der Waals surface area contributed by atoms with E-state index in [1.165, 1.54) is 6.42 Å². The van der Waals surface area contributed by atoms with Crippen molar-refractivity contribution in [1.29, 1.82) is 0 Å². The molecule has 4 N–H and O–H groups in total. The van der Waals surface area contributed by atoms with Gasteiger partial charge in [-0.1, -0.05) is 13.8 Å². The molecule has 0 bridgehead atoms. The highest BCUT2D eigenvalue weighted by atomic mass is 16.2. The minimum absolute atomic E-state index is 0.127. The van der Waals surface area contributed by atoms with Crippen LogP contribution in [0.3, 0.4) is 0 Å². The first-order valence-electron chi connectivity index (χ1n) is 6.94. The van der Waals surface area contributed by atoms with Crippen LogP contribution >= 0.6 is 0 Å². The zero-order valence-corrected chi connectivity index (χ0v) is 12.5. The van der Waals surface area contributed by atoms with Crippen LogP contribution < -0.4 is 16.4 Å². The number of hydrogen-bond donors (Lipinski definition) is 3. The molecule has 0 radical (unpaired) electrons. The van der Waals surface area contributed by atoms with Crippen molar-refractivity contribution in [3.8, 4) is 0 Å². The summed E-state index contributed by atoms with van der Waals surface area (Å²) in [5, 5.41) is 5.81. The molecular weight excluding hydrogens is 226 g/mol. The number of rotatable bonds is 2. The lowest BCUT2D eigenvalue weighted by Crippen LogP contribution is -2.57. The molecule has 0 spiro atoms. The van der Waals surface area contributed by atoms with Crippen molar-refractivity contribution >= 4 is 6.03 Å². The van der Waals surface area contributed by atoms with Crippen LogP contribution in [-0.4, -0.2) is 23.7 Å². The summed E-state index contributed by atoms with van der Waals surface area (Å²) in [4.78, 5) is 11.7. The molecule has 18 heavy (non-hydrogen) atoms. The molecule has 1 rings (SSSR count). The van der Waals surface area contributed by atoms with Crippen LogP contribution in [0.4, 0.5) is 4.79 Å². The van der Waals surface area contributed by atoms with Crippen molar-refractivity contribution in [2.45, 2.75) is 65.0 Å². The zero-order valence-electron chi connectivity index (χ0n) is 12.5. The van der Waals surface area contributed by atoms with Gasteiger partial charge in [-0.25, -0.2) is 4.79 Å². The summed E-state index contributed by atoms with van der Waals surface area (Å²) >= 11 is 0. The van der Waals surface area contributed by atoms with E-state index in [9.17, 15) is 4.79 Å². The van der Waals surface area contributed by atoms with Gasteiger partial charge in [0.25, 0.3) is 0 Å². The Morgan fingerprint density at radius 2 is 1.78 bits per heavy atom. The number of hydrogen-bond acceptors (Lipinski definition) is 2. The topological polar surface area (TPSA) is 67.1 Å². The largest absolute Gasteiger partial charge is 0.336 e. The Balaban J connectivity index is 2.44. The number of carbonyl (C=O) groups excluding carboxylic acids is 1. The molecule has 4 heteroatoms. The summed E-state index contributed by atoms with van der Waals surface area (Å²) in [5.74, 6) is 1.29. The van der Waals surface area contributed by atoms with E-state index in [2.05, 4.69) is 24.5 Å². The van der Waals surface area contributed by atoms with Crippen molar-refractivity contribution in [2.75, 3.05) is 6.54 Å². The molecule has 2 unspecified atom stereocenters. The monoisotopic (exact) mass is 255 g/mol. The molecule has 0 aromatic rings. The van der Waals surface area contributed by atoms with Gasteiger partial charge < -0.3 is 16.4 Å². The van der Waals surface area contributed by atoms with E-state index in [1.54, 1.807) is 0 Å². The van der Waals surface area contributed by atoms with Gasteiger partial charge in [0.2, 0.25) is 0 Å². The van der Waals surface area contributed by atoms with Gasteiger partial charge in [-0.15, -0.1) is 0 Å². The molecule has 1 aliphatic rings. The zero-order chi connectivity index (χ0) is 14.0. The lowest BCUT2D eigenvalue weighted by Gasteiger charge is -2.40. The normalized spacial score (nSPS) is 33.0. The molecule has 0 heterocycles. The Morgan fingerprint density at radius 1 is 1.28 bits per heavy atom. The van der Waals surface area contributed by atoms with Crippen molar-refractivity contribution in [2.24, 2.45) is 17.6 Å². The van der Waals surface area contributed by atoms with E-state index in [4.69, 9.17) is 5.73 Å². The summed E-state index contributed by atoms with van der Waals surface area (Å²) in [5.41, 5.74) is 5.96. The molecule has 0 aromatic heterocycles. The molecule has 0 aromatic carbocycles. The number of nitrogens with two attached hydrogens (primary N) is 1. The minimum Gasteiger partial charge on any atom is -0.336 e. The number of nitrogens with one attached hydrogen (secondary N) is 2. The van der Waals surface area contributed by atoms with E-state index in [0.717, 1.165) is 12.8 Å². The molecule has 1 saturated carbocycles. The molecule has 106 valence electrons. The highest BCUT2D eigenvalue weighted by molar-refractivity contribution is 5.74. The molecule has 2 atom stereocenters. The lowest BCUT2D eigenvalue weighted by molar-refractivity contribution is 0.176. The molecular formula is C14H29N3O. The minimum atomic E-state index is -0.244. The van der Waals surface area contributed by atoms with Crippen molar-refractivity contribution in [3.05, 3.63) is 0 Å². The fourth-order valence-corrected chi connectivity index (χ4v) is 3.11. The molecule has 4 nitrogen and oxygen atoms in total. The smallest absolute Gasteiger partial charge is 0.315 e. The Morgan fingerprint density at radius 3 is 2.22 bits per heavy atom. The summed E-state index contributed by atoms with van der Waals surface area (Å²) in [7, 11) is 0. The van der Waals surface area contributed by atoms with Gasteiger partial charge in [-0.2, -0.15) is 0 Å². The van der Waals surface area contributed by atoms with Crippen LogP contribution in [0.25, 0.3) is 0 Å². The molecule has 1 fully saturated rings. The Kier molecular flexibility index (Phi) is 4.65. The van der Waals surface area contributed by atoms with E-state index in [1.807, 2.05) is 20.8 Å². The quantitative estimate of drug-likeness (QED) is 0.708. The third-order valence-corrected chi connectivity index (χ3v) is 3.40. The fourth-order valence-electron chi connectivity index (χ4n) is 3.11. The van der Waals surface area contributed by atoms with Crippen molar-refractivity contribution in [1.82, 2.24) is 10.6 Å². The number of amides is 2. The van der Waals surface area contributed by atoms with Gasteiger partial charge in [0.05, 0.1) is 0 Å². The van der Waals surface area contributed by atoms with Crippen molar-refractivity contribution in [3.63, 3.8) is 0 Å². The second-order valence-electron chi connectivity index (χ2n) is 7.27. The first-order chi connectivity index (χ1) is 8.10. The van der Waals surface area contributed by atoms with Gasteiger partial charge in [-0.3, -0.25) is 0 Å². The van der Waals surface area contributed by atoms with Gasteiger partial charge in [0.15, 0.2) is 0 Å². The molecule has 2 amide bonds. The van der Waals surface area contributed by atoms with Gasteiger partial charge in [-0.05, 0) is 51.9 Å². The van der Waals surface area contributed by atoms with Crippen LogP contribution in [0.1, 0.15) is 53.9 Å². The second-order valence-corrected chi connectivity index (χ2v) is 7.27. The first kappa shape index (κ1) is 15.3. The van der Waals surface area contributed by atoms with Gasteiger partial charge >= 0.3 is 6.03 Å². The molecule has 1 aliphatic carbocycles. The van der Waals surface area contributed by atoms with E-state index in [-0.39, 0.29) is 17.1 Å². The fraction of sp³-hybridized carbons (Fsp3) is 0.929. The Bertz CT molecular complexity index is 286. The second kappa shape index (κ2) is 5.47. The highest BCUT2D eigenvalue weighted by Gasteiger charge is 2.34. The molecule has 0 saturated heterocycles. The molecule has 0 aliphatic heterocycles. The predicted molar refractivity (Wildman–Crippen MR) is 75.4 cm³/mol. The van der Waals surface area contributed by atoms with Gasteiger partial charge in [0, 0.05) is 17.6 Å². The number of urea groups is 1. The first-order valence-corrected chi connectivity index (χ1v) is 6.94. The lowest BCUT2D eigenvalue weighted by atomic mass is 9.72. The summed E-state index contributed by atoms with van der Waals surface area (Å²) in [6.07, 6.45) is 3.23. The van der Waals surface area contributed by atoms with Gasteiger partial charge in [0.1, 0.15) is 0 Å². The van der Waals surface area contributed by atoms with E-state index >= 15 is 0 Å². The van der Waals surface area contributed by atoms with Crippen LogP contribution in [0.15, 0.2) is 0 Å². The number of carbonyl (C=O) groups is 1. The Labute approximate surface area is 111 Å². The summed E-state index contributed by atoms with van der Waals surface area (Å²) < 4.78 is 0. The summed E-state index contributed by atoms with van der Waals surface area (Å²) in [6.45, 7) is 10.9. The van der Waals surface area contributed by atoms with Crippen LogP contribution in [-0.2, 0) is 0 Å². The van der Waals surface area contributed by atoms with E-state index < -0.39 is 0 Å². The average molecular weight is 255 g/mol. The maximum absolute atomic E-state index is 11.7. The van der Waals surface area contributed by atoms with E-state index in [0.29, 0.717) is 18.4 Å². The SMILES string of the molecule is CC1CC(C)CC(N)(CNC(=O)NC(C)(C)C)C1. The third kappa shape index (κ3) is 5.25.